The van der Waals surface area contributed by atoms with Crippen LogP contribution in [-0.4, -0.2) is 27.4 Å². The largest absolute Gasteiger partial charge is 0.391 e. The minimum absolute atomic E-state index is 0.206. The predicted molar refractivity (Wildman–Crippen MR) is 110 cm³/mol. The molecule has 2 amide bonds. The first-order valence-electron chi connectivity index (χ1n) is 8.85. The number of hydrogen-bond donors (Lipinski definition) is 3. The highest BCUT2D eigenvalue weighted by Gasteiger charge is 2.31. The lowest BCUT2D eigenvalue weighted by atomic mass is 10.0. The van der Waals surface area contributed by atoms with Crippen LogP contribution in [0, 0.1) is 5.82 Å². The van der Waals surface area contributed by atoms with E-state index in [4.69, 9.17) is 0 Å². The van der Waals surface area contributed by atoms with Crippen molar-refractivity contribution in [2.75, 3.05) is 5.32 Å². The molecule has 0 aliphatic rings. The van der Waals surface area contributed by atoms with Crippen molar-refractivity contribution in [1.29, 1.82) is 0 Å². The van der Waals surface area contributed by atoms with Crippen LogP contribution in [0.3, 0.4) is 0 Å². The lowest BCUT2D eigenvalue weighted by molar-refractivity contribution is -0.120. The van der Waals surface area contributed by atoms with E-state index in [9.17, 15) is 19.1 Å². The molecule has 2 aromatic carbocycles. The number of benzene rings is 2. The molecule has 3 N–H and O–H groups in total. The standard InChI is InChI=1S/C21H20FN3O3S/c1-21(2,25-18(27)14-8-10-15(22)11-9-14)19(28)24-20-23-17(16(12-26)29-20)13-6-4-3-5-7-13/h3-11,26H,12H2,1-2H3,(H,25,27)(H,23,24,28). The van der Waals surface area contributed by atoms with Gasteiger partial charge in [-0.3, -0.25) is 14.9 Å². The van der Waals surface area contributed by atoms with Crippen molar-refractivity contribution in [2.24, 2.45) is 0 Å². The van der Waals surface area contributed by atoms with Crippen LogP contribution < -0.4 is 10.6 Å². The van der Waals surface area contributed by atoms with Crippen LogP contribution in [0.2, 0.25) is 0 Å². The molecule has 6 nitrogen and oxygen atoms in total. The van der Waals surface area contributed by atoms with E-state index in [-0.39, 0.29) is 12.2 Å². The molecule has 3 aromatic rings. The smallest absolute Gasteiger partial charge is 0.252 e. The number of hydrogen-bond acceptors (Lipinski definition) is 5. The zero-order chi connectivity index (χ0) is 21.0. The molecule has 0 atom stereocenters. The van der Waals surface area contributed by atoms with Crippen molar-refractivity contribution < 1.29 is 19.1 Å². The molecular formula is C21H20FN3O3S. The van der Waals surface area contributed by atoms with Crippen molar-refractivity contribution in [3.63, 3.8) is 0 Å². The Morgan fingerprint density at radius 1 is 1.10 bits per heavy atom. The molecule has 0 aliphatic heterocycles. The summed E-state index contributed by atoms with van der Waals surface area (Å²) in [6.45, 7) is 2.91. The average molecular weight is 413 g/mol. The van der Waals surface area contributed by atoms with E-state index in [1.807, 2.05) is 30.3 Å². The van der Waals surface area contributed by atoms with Gasteiger partial charge in [-0.05, 0) is 38.1 Å². The third kappa shape index (κ3) is 4.85. The highest BCUT2D eigenvalue weighted by Crippen LogP contribution is 2.31. The molecule has 29 heavy (non-hydrogen) atoms. The zero-order valence-electron chi connectivity index (χ0n) is 15.9. The molecule has 0 unspecified atom stereocenters. The lowest BCUT2D eigenvalue weighted by Gasteiger charge is -2.24. The van der Waals surface area contributed by atoms with Crippen molar-refractivity contribution in [3.8, 4) is 11.3 Å². The molecule has 0 bridgehead atoms. The number of aliphatic hydroxyl groups excluding tert-OH is 1. The van der Waals surface area contributed by atoms with Gasteiger partial charge in [0.05, 0.1) is 17.2 Å². The van der Waals surface area contributed by atoms with Gasteiger partial charge in [0.15, 0.2) is 5.13 Å². The molecule has 150 valence electrons. The van der Waals surface area contributed by atoms with Gasteiger partial charge in [0.2, 0.25) is 0 Å². The summed E-state index contributed by atoms with van der Waals surface area (Å²) in [5, 5.41) is 15.3. The monoisotopic (exact) mass is 413 g/mol. The molecule has 1 heterocycles. The third-order valence-electron chi connectivity index (χ3n) is 4.21. The number of nitrogens with zero attached hydrogens (tertiary/aromatic N) is 1. The Hall–Kier alpha value is -3.10. The van der Waals surface area contributed by atoms with Gasteiger partial charge in [-0.15, -0.1) is 0 Å². The molecular weight excluding hydrogens is 393 g/mol. The van der Waals surface area contributed by atoms with Gasteiger partial charge >= 0.3 is 0 Å². The Morgan fingerprint density at radius 2 is 1.76 bits per heavy atom. The highest BCUT2D eigenvalue weighted by molar-refractivity contribution is 7.16. The Morgan fingerprint density at radius 3 is 2.38 bits per heavy atom. The van der Waals surface area contributed by atoms with Gasteiger partial charge in [0.25, 0.3) is 11.8 Å². The maximum Gasteiger partial charge on any atom is 0.252 e. The van der Waals surface area contributed by atoms with E-state index < -0.39 is 23.2 Å². The quantitative estimate of drug-likeness (QED) is 0.576. The first kappa shape index (κ1) is 20.6. The summed E-state index contributed by atoms with van der Waals surface area (Å²) in [4.78, 5) is 30.1. The maximum atomic E-state index is 13.0. The normalized spacial score (nSPS) is 11.2. The number of halogens is 1. The van der Waals surface area contributed by atoms with E-state index in [0.29, 0.717) is 15.7 Å². The van der Waals surface area contributed by atoms with Crippen LogP contribution in [0.25, 0.3) is 11.3 Å². The van der Waals surface area contributed by atoms with E-state index in [1.165, 1.54) is 35.6 Å². The summed E-state index contributed by atoms with van der Waals surface area (Å²) in [6, 6.07) is 14.4. The van der Waals surface area contributed by atoms with Crippen LogP contribution in [0.4, 0.5) is 9.52 Å². The number of amides is 2. The van der Waals surface area contributed by atoms with Crippen LogP contribution >= 0.6 is 11.3 Å². The van der Waals surface area contributed by atoms with Crippen molar-refractivity contribution in [3.05, 3.63) is 70.9 Å². The summed E-state index contributed by atoms with van der Waals surface area (Å²) < 4.78 is 13.0. The Balaban J connectivity index is 1.74. The van der Waals surface area contributed by atoms with Gasteiger partial charge in [0, 0.05) is 11.1 Å². The fourth-order valence-corrected chi connectivity index (χ4v) is 3.44. The van der Waals surface area contributed by atoms with Crippen molar-refractivity contribution in [1.82, 2.24) is 10.3 Å². The van der Waals surface area contributed by atoms with Gasteiger partial charge in [0.1, 0.15) is 11.4 Å². The number of aromatic nitrogens is 1. The average Bonchev–Trinajstić information content (AvgIpc) is 3.11. The van der Waals surface area contributed by atoms with Gasteiger partial charge in [-0.1, -0.05) is 41.7 Å². The van der Waals surface area contributed by atoms with Crippen LogP contribution in [-0.2, 0) is 11.4 Å². The molecule has 1 aromatic heterocycles. The van der Waals surface area contributed by atoms with Crippen molar-refractivity contribution >= 4 is 28.3 Å². The zero-order valence-corrected chi connectivity index (χ0v) is 16.7. The summed E-state index contributed by atoms with van der Waals surface area (Å²) in [6.07, 6.45) is 0. The molecule has 0 spiro atoms. The second kappa shape index (κ2) is 8.50. The summed E-state index contributed by atoms with van der Waals surface area (Å²) in [5.74, 6) is -1.41. The van der Waals surface area contributed by atoms with Crippen molar-refractivity contribution in [2.45, 2.75) is 26.0 Å². The number of aliphatic hydroxyl groups is 1. The number of carbonyl (C=O) groups excluding carboxylic acids is 2. The molecule has 3 rings (SSSR count). The van der Waals surface area contributed by atoms with E-state index in [1.54, 1.807) is 13.8 Å². The van der Waals surface area contributed by atoms with Gasteiger partial charge in [-0.25, -0.2) is 9.37 Å². The van der Waals surface area contributed by atoms with Crippen LogP contribution in [0.15, 0.2) is 54.6 Å². The topological polar surface area (TPSA) is 91.3 Å². The first-order valence-corrected chi connectivity index (χ1v) is 9.67. The number of rotatable bonds is 6. The molecule has 0 fully saturated rings. The van der Waals surface area contributed by atoms with Crippen LogP contribution in [0.1, 0.15) is 29.1 Å². The number of anilines is 1. The molecule has 0 saturated carbocycles. The SMILES string of the molecule is CC(C)(NC(=O)c1ccc(F)cc1)C(=O)Nc1nc(-c2ccccc2)c(CO)s1. The third-order valence-corrected chi connectivity index (χ3v) is 5.16. The van der Waals surface area contributed by atoms with Gasteiger partial charge in [-0.2, -0.15) is 0 Å². The second-order valence-electron chi connectivity index (χ2n) is 6.86. The Kier molecular flexibility index (Phi) is 6.05. The van der Waals surface area contributed by atoms with Crippen LogP contribution in [0.5, 0.6) is 0 Å². The van der Waals surface area contributed by atoms with E-state index in [2.05, 4.69) is 15.6 Å². The Labute approximate surface area is 171 Å². The lowest BCUT2D eigenvalue weighted by Crippen LogP contribution is -2.52. The summed E-state index contributed by atoms with van der Waals surface area (Å²) in [5.41, 5.74) is 0.429. The highest BCUT2D eigenvalue weighted by atomic mass is 32.1. The minimum atomic E-state index is -1.25. The Bertz CT molecular complexity index is 1020. The van der Waals surface area contributed by atoms with E-state index in [0.717, 1.165) is 5.56 Å². The molecule has 0 radical (unpaired) electrons. The predicted octanol–water partition coefficient (Wildman–Crippen LogP) is 3.59. The molecule has 8 heteroatoms. The minimum Gasteiger partial charge on any atom is -0.391 e. The number of thiazole rings is 1. The first-order chi connectivity index (χ1) is 13.8. The fraction of sp³-hybridized carbons (Fsp3) is 0.190. The summed E-state index contributed by atoms with van der Waals surface area (Å²) in [7, 11) is 0. The fourth-order valence-electron chi connectivity index (χ4n) is 2.60. The number of carbonyl (C=O) groups is 2. The molecule has 0 saturated heterocycles. The second-order valence-corrected chi connectivity index (χ2v) is 7.94. The van der Waals surface area contributed by atoms with Gasteiger partial charge < -0.3 is 10.4 Å². The molecule has 0 aliphatic carbocycles. The van der Waals surface area contributed by atoms with E-state index >= 15 is 0 Å². The maximum absolute atomic E-state index is 13.0. The number of nitrogens with one attached hydrogen (secondary N) is 2. The summed E-state index contributed by atoms with van der Waals surface area (Å²) >= 11 is 1.17.